The summed E-state index contributed by atoms with van der Waals surface area (Å²) in [6, 6.07) is 14.9. The number of ether oxygens (including phenoxy) is 1. The third-order valence-electron chi connectivity index (χ3n) is 7.67. The number of likely N-dealkylation sites (tertiary alicyclic amines) is 1. The normalized spacial score (nSPS) is 17.6. The summed E-state index contributed by atoms with van der Waals surface area (Å²) in [5.41, 5.74) is 3.42. The summed E-state index contributed by atoms with van der Waals surface area (Å²) in [4.78, 5) is 12.1. The number of unbranched alkanes of at least 4 members (excludes halogenated alkanes) is 1. The smallest absolute Gasteiger partial charge is 0.185 e. The molecule has 39 heavy (non-hydrogen) atoms. The molecule has 210 valence electrons. The number of likely N-dealkylation sites (N-methyl/N-ethyl adjacent to an activating group) is 1. The van der Waals surface area contributed by atoms with Gasteiger partial charge in [-0.05, 0) is 94.3 Å². The first-order valence-corrected chi connectivity index (χ1v) is 15.7. The summed E-state index contributed by atoms with van der Waals surface area (Å²) in [5, 5.41) is 8.29. The highest BCUT2D eigenvalue weighted by Gasteiger charge is 2.19. The van der Waals surface area contributed by atoms with Crippen LogP contribution in [-0.4, -0.2) is 80.3 Å². The van der Waals surface area contributed by atoms with E-state index in [1.54, 1.807) is 11.3 Å². The molecule has 3 aromatic rings. The largest absolute Gasteiger partial charge is 0.494 e. The Morgan fingerprint density at radius 3 is 2.46 bits per heavy atom. The second kappa shape index (κ2) is 14.2. The van der Waals surface area contributed by atoms with Crippen LogP contribution in [-0.2, 0) is 6.54 Å². The van der Waals surface area contributed by atoms with Crippen LogP contribution in [0.3, 0.4) is 0 Å². The van der Waals surface area contributed by atoms with Gasteiger partial charge in [0, 0.05) is 49.7 Å². The Hall–Kier alpha value is -1.87. The van der Waals surface area contributed by atoms with E-state index in [4.69, 9.17) is 32.9 Å². The van der Waals surface area contributed by atoms with Gasteiger partial charge in [0.1, 0.15) is 5.75 Å². The van der Waals surface area contributed by atoms with Gasteiger partial charge in [0.2, 0.25) is 0 Å². The van der Waals surface area contributed by atoms with Gasteiger partial charge >= 0.3 is 0 Å². The van der Waals surface area contributed by atoms with E-state index in [-0.39, 0.29) is 0 Å². The average Bonchev–Trinajstić information content (AvgIpc) is 3.45. The van der Waals surface area contributed by atoms with E-state index < -0.39 is 0 Å². The zero-order chi connectivity index (χ0) is 27.0. The van der Waals surface area contributed by atoms with Crippen LogP contribution in [0.15, 0.2) is 47.8 Å². The molecule has 6 nitrogen and oxygen atoms in total. The Morgan fingerprint density at radius 1 is 0.949 bits per heavy atom. The van der Waals surface area contributed by atoms with E-state index in [1.165, 1.54) is 18.4 Å². The number of benzene rings is 2. The molecule has 0 bridgehead atoms. The van der Waals surface area contributed by atoms with Gasteiger partial charge in [-0.3, -0.25) is 4.90 Å². The van der Waals surface area contributed by atoms with Gasteiger partial charge in [0.05, 0.1) is 22.3 Å². The summed E-state index contributed by atoms with van der Waals surface area (Å²) in [5.74, 6) is 0.926. The van der Waals surface area contributed by atoms with Crippen molar-refractivity contribution in [3.63, 3.8) is 0 Å². The van der Waals surface area contributed by atoms with Gasteiger partial charge < -0.3 is 19.9 Å². The number of hydrogen-bond acceptors (Lipinski definition) is 7. The number of thiazole rings is 1. The first kappa shape index (κ1) is 28.7. The maximum absolute atomic E-state index is 6.16. The van der Waals surface area contributed by atoms with Crippen molar-refractivity contribution >= 4 is 39.7 Å². The van der Waals surface area contributed by atoms with Crippen molar-refractivity contribution in [3.05, 3.63) is 63.5 Å². The second-order valence-corrected chi connectivity index (χ2v) is 12.3. The molecule has 5 rings (SSSR count). The molecule has 1 aromatic heterocycles. The number of hydrogen-bond donors (Lipinski definition) is 1. The van der Waals surface area contributed by atoms with Crippen molar-refractivity contribution < 1.29 is 4.74 Å². The molecule has 0 saturated carbocycles. The number of anilines is 1. The second-order valence-electron chi connectivity index (χ2n) is 10.6. The predicted molar refractivity (Wildman–Crippen MR) is 165 cm³/mol. The van der Waals surface area contributed by atoms with E-state index in [0.717, 1.165) is 93.9 Å². The molecule has 0 unspecified atom stereocenters. The maximum Gasteiger partial charge on any atom is 0.185 e. The fraction of sp³-hybridized carbons (Fsp3) is 0.500. The molecule has 2 aliphatic heterocycles. The van der Waals surface area contributed by atoms with Gasteiger partial charge in [0.25, 0.3) is 0 Å². The van der Waals surface area contributed by atoms with E-state index in [2.05, 4.69) is 62.8 Å². The third-order valence-corrected chi connectivity index (χ3v) is 9.31. The Balaban J connectivity index is 0.946. The van der Waals surface area contributed by atoms with Gasteiger partial charge in [-0.1, -0.05) is 29.3 Å². The summed E-state index contributed by atoms with van der Waals surface area (Å²) < 4.78 is 6.00. The lowest BCUT2D eigenvalue weighted by molar-refractivity contribution is 0.190. The summed E-state index contributed by atoms with van der Waals surface area (Å²) in [6.45, 7) is 9.22. The number of piperazine rings is 1. The SMILES string of the molecule is CN1CCN(c2nc(-c3ccc(OCCCCNC4CCN(Cc5ccc(Cl)c(Cl)c5)CC4)cc3)cs2)CC1. The lowest BCUT2D eigenvalue weighted by Crippen LogP contribution is -2.44. The first-order chi connectivity index (χ1) is 19.0. The molecule has 2 fully saturated rings. The topological polar surface area (TPSA) is 43.9 Å². The molecule has 3 heterocycles. The van der Waals surface area contributed by atoms with Crippen LogP contribution < -0.4 is 15.0 Å². The van der Waals surface area contributed by atoms with Gasteiger partial charge in [-0.15, -0.1) is 11.3 Å². The molecule has 0 atom stereocenters. The van der Waals surface area contributed by atoms with Crippen molar-refractivity contribution in [2.75, 3.05) is 64.4 Å². The zero-order valence-corrected chi connectivity index (χ0v) is 25.1. The molecule has 2 saturated heterocycles. The van der Waals surface area contributed by atoms with E-state index in [0.29, 0.717) is 16.1 Å². The summed E-state index contributed by atoms with van der Waals surface area (Å²) in [7, 11) is 2.18. The number of aromatic nitrogens is 1. The highest BCUT2D eigenvalue weighted by molar-refractivity contribution is 7.14. The van der Waals surface area contributed by atoms with Crippen molar-refractivity contribution in [1.29, 1.82) is 0 Å². The monoisotopic (exact) mass is 587 g/mol. The summed E-state index contributed by atoms with van der Waals surface area (Å²) >= 11 is 13.9. The average molecular weight is 589 g/mol. The van der Waals surface area contributed by atoms with E-state index >= 15 is 0 Å². The van der Waals surface area contributed by atoms with Crippen LogP contribution in [0, 0.1) is 0 Å². The standard InChI is InChI=1S/C30H39Cl2N5OS/c1-35-15-17-37(18-16-35)30-34-29(22-39-30)24-5-7-26(8-6-24)38-19-3-2-12-33-25-10-13-36(14-11-25)21-23-4-9-27(31)28(32)20-23/h4-9,20,22,25,33H,2-3,10-19,21H2,1H3. The Labute approximate surface area is 246 Å². The molecule has 0 spiro atoms. The minimum absolute atomic E-state index is 0.603. The number of nitrogens with zero attached hydrogens (tertiary/aromatic N) is 4. The van der Waals surface area contributed by atoms with Gasteiger partial charge in [-0.2, -0.15) is 0 Å². The quantitative estimate of drug-likeness (QED) is 0.266. The summed E-state index contributed by atoms with van der Waals surface area (Å²) in [6.07, 6.45) is 4.53. The van der Waals surface area contributed by atoms with Crippen LogP contribution in [0.2, 0.25) is 10.0 Å². The molecule has 0 aliphatic carbocycles. The highest BCUT2D eigenvalue weighted by atomic mass is 35.5. The van der Waals surface area contributed by atoms with Crippen molar-refractivity contribution in [1.82, 2.24) is 20.1 Å². The Bertz CT molecular complexity index is 1170. The van der Waals surface area contributed by atoms with Crippen molar-refractivity contribution in [2.24, 2.45) is 0 Å². The molecular weight excluding hydrogens is 549 g/mol. The first-order valence-electron chi connectivity index (χ1n) is 14.1. The molecule has 0 amide bonds. The fourth-order valence-corrected chi connectivity index (χ4v) is 6.39. The zero-order valence-electron chi connectivity index (χ0n) is 22.7. The third kappa shape index (κ3) is 8.32. The van der Waals surface area contributed by atoms with E-state index in [1.807, 2.05) is 12.1 Å². The Morgan fingerprint density at radius 2 is 1.72 bits per heavy atom. The van der Waals surface area contributed by atoms with Crippen LogP contribution >= 0.6 is 34.5 Å². The molecule has 0 radical (unpaired) electrons. The van der Waals surface area contributed by atoms with Crippen LogP contribution in [0.25, 0.3) is 11.3 Å². The molecule has 1 N–H and O–H groups in total. The number of piperidine rings is 1. The van der Waals surface area contributed by atoms with Crippen molar-refractivity contribution in [2.45, 2.75) is 38.3 Å². The van der Waals surface area contributed by atoms with Crippen LogP contribution in [0.5, 0.6) is 5.75 Å². The number of rotatable bonds is 11. The number of halogens is 2. The minimum Gasteiger partial charge on any atom is -0.494 e. The van der Waals surface area contributed by atoms with E-state index in [9.17, 15) is 0 Å². The lowest BCUT2D eigenvalue weighted by Gasteiger charge is -2.32. The van der Waals surface area contributed by atoms with Crippen molar-refractivity contribution in [3.8, 4) is 17.0 Å². The molecule has 9 heteroatoms. The Kier molecular flexibility index (Phi) is 10.4. The fourth-order valence-electron chi connectivity index (χ4n) is 5.18. The number of nitrogens with one attached hydrogen (secondary N) is 1. The van der Waals surface area contributed by atoms with Crippen LogP contribution in [0.4, 0.5) is 5.13 Å². The van der Waals surface area contributed by atoms with Gasteiger partial charge in [0.15, 0.2) is 5.13 Å². The lowest BCUT2D eigenvalue weighted by atomic mass is 10.0. The molecule has 2 aliphatic rings. The predicted octanol–water partition coefficient (Wildman–Crippen LogP) is 6.28. The minimum atomic E-state index is 0.603. The highest BCUT2D eigenvalue weighted by Crippen LogP contribution is 2.29. The molecular formula is C30H39Cl2N5OS. The van der Waals surface area contributed by atoms with Gasteiger partial charge in [-0.25, -0.2) is 4.98 Å². The maximum atomic E-state index is 6.16. The van der Waals surface area contributed by atoms with Crippen LogP contribution in [0.1, 0.15) is 31.2 Å². The molecule has 2 aromatic carbocycles.